The number of aromatic nitrogens is 2. The van der Waals surface area contributed by atoms with Gasteiger partial charge < -0.3 is 0 Å². The van der Waals surface area contributed by atoms with E-state index in [-0.39, 0.29) is 0 Å². The Bertz CT molecular complexity index is 2940. The minimum Gasteiger partial charge on any atom is -0.228 e. The third-order valence-electron chi connectivity index (χ3n) is 10.1. The van der Waals surface area contributed by atoms with E-state index >= 15 is 0 Å². The fourth-order valence-corrected chi connectivity index (χ4v) is 8.72. The van der Waals surface area contributed by atoms with E-state index in [1.807, 2.05) is 29.5 Å². The third kappa shape index (κ3) is 5.78. The van der Waals surface area contributed by atoms with Gasteiger partial charge in [-0.25, -0.2) is 9.97 Å². The van der Waals surface area contributed by atoms with Gasteiger partial charge >= 0.3 is 0 Å². The van der Waals surface area contributed by atoms with Crippen LogP contribution in [-0.4, -0.2) is 9.97 Å². The number of rotatable bonds is 6. The maximum atomic E-state index is 5.30. The van der Waals surface area contributed by atoms with E-state index < -0.39 is 0 Å². The van der Waals surface area contributed by atoms with E-state index in [1.165, 1.54) is 47.6 Å². The van der Waals surface area contributed by atoms with Gasteiger partial charge in [0.25, 0.3) is 0 Å². The molecular formula is C50H32N2S. The summed E-state index contributed by atoms with van der Waals surface area (Å²) in [6.07, 6.45) is 0. The van der Waals surface area contributed by atoms with Gasteiger partial charge in [0.1, 0.15) is 0 Å². The second kappa shape index (κ2) is 13.1. The Balaban J connectivity index is 1.23. The predicted molar refractivity (Wildman–Crippen MR) is 225 cm³/mol. The van der Waals surface area contributed by atoms with Crippen molar-refractivity contribution in [2.45, 2.75) is 0 Å². The number of thiophene rings is 1. The van der Waals surface area contributed by atoms with Gasteiger partial charge in [0.05, 0.1) is 11.4 Å². The molecule has 0 saturated carbocycles. The summed E-state index contributed by atoms with van der Waals surface area (Å²) in [6.45, 7) is 0. The van der Waals surface area contributed by atoms with Crippen LogP contribution in [-0.2, 0) is 0 Å². The molecule has 10 aromatic rings. The molecule has 3 heteroatoms. The molecule has 0 aliphatic heterocycles. The molecule has 53 heavy (non-hydrogen) atoms. The molecule has 248 valence electrons. The summed E-state index contributed by atoms with van der Waals surface area (Å²) in [6, 6.07) is 69.3. The Kier molecular flexibility index (Phi) is 7.71. The lowest BCUT2D eigenvalue weighted by Gasteiger charge is -2.15. The number of hydrogen-bond acceptors (Lipinski definition) is 3. The maximum absolute atomic E-state index is 5.30. The lowest BCUT2D eigenvalue weighted by atomic mass is 9.91. The van der Waals surface area contributed by atoms with Crippen molar-refractivity contribution >= 4 is 42.3 Å². The van der Waals surface area contributed by atoms with Gasteiger partial charge in [-0.05, 0) is 80.6 Å². The van der Waals surface area contributed by atoms with Gasteiger partial charge in [0.15, 0.2) is 5.82 Å². The van der Waals surface area contributed by atoms with E-state index in [0.29, 0.717) is 5.82 Å². The standard InChI is InChI=1S/C50H32N2S/c1-3-14-33(15-4-1)36-20-11-21-37(28-36)46-32-47(52-50(51-46)35-17-5-2-6-18-35)40-30-38(42-24-12-19-34-16-7-8-22-41(34)42)29-39(31-40)43-25-13-26-45-44-23-9-10-27-48(44)53-49(43)45/h1-32H. The molecule has 0 unspecified atom stereocenters. The summed E-state index contributed by atoms with van der Waals surface area (Å²) in [5.74, 6) is 0.701. The molecule has 8 aromatic carbocycles. The Hall–Kier alpha value is -6.68. The Labute approximate surface area is 312 Å². The van der Waals surface area contributed by atoms with Crippen LogP contribution in [0.5, 0.6) is 0 Å². The number of hydrogen-bond donors (Lipinski definition) is 0. The molecule has 0 amide bonds. The first-order chi connectivity index (χ1) is 26.2. The van der Waals surface area contributed by atoms with Crippen LogP contribution in [0.1, 0.15) is 0 Å². The van der Waals surface area contributed by atoms with Crippen molar-refractivity contribution in [3.63, 3.8) is 0 Å². The molecule has 0 radical (unpaired) electrons. The van der Waals surface area contributed by atoms with Crippen LogP contribution < -0.4 is 0 Å². The summed E-state index contributed by atoms with van der Waals surface area (Å²) < 4.78 is 2.59. The quantitative estimate of drug-likeness (QED) is 0.173. The fourth-order valence-electron chi connectivity index (χ4n) is 7.49. The first kappa shape index (κ1) is 31.1. The zero-order valence-corrected chi connectivity index (χ0v) is 29.6. The minimum absolute atomic E-state index is 0.701. The second-order valence-electron chi connectivity index (χ2n) is 13.4. The monoisotopic (exact) mass is 692 g/mol. The van der Waals surface area contributed by atoms with E-state index in [0.717, 1.165) is 44.8 Å². The smallest absolute Gasteiger partial charge is 0.160 e. The topological polar surface area (TPSA) is 25.8 Å². The summed E-state index contributed by atoms with van der Waals surface area (Å²) in [7, 11) is 0. The first-order valence-corrected chi connectivity index (χ1v) is 18.7. The van der Waals surface area contributed by atoms with E-state index in [9.17, 15) is 0 Å². The van der Waals surface area contributed by atoms with Crippen LogP contribution in [0.25, 0.3) is 98.2 Å². The predicted octanol–water partition coefficient (Wildman–Crippen LogP) is 14.0. The van der Waals surface area contributed by atoms with Crippen molar-refractivity contribution in [1.29, 1.82) is 0 Å². The van der Waals surface area contributed by atoms with Crippen LogP contribution >= 0.6 is 11.3 Å². The van der Waals surface area contributed by atoms with Gasteiger partial charge in [-0.15, -0.1) is 11.3 Å². The molecule has 0 fully saturated rings. The number of benzene rings is 8. The highest BCUT2D eigenvalue weighted by molar-refractivity contribution is 7.26. The highest BCUT2D eigenvalue weighted by Crippen LogP contribution is 2.43. The summed E-state index contributed by atoms with van der Waals surface area (Å²) in [5, 5.41) is 5.03. The van der Waals surface area contributed by atoms with Gasteiger partial charge in [-0.3, -0.25) is 0 Å². The molecule has 2 nitrogen and oxygen atoms in total. The van der Waals surface area contributed by atoms with Crippen molar-refractivity contribution in [2.24, 2.45) is 0 Å². The largest absolute Gasteiger partial charge is 0.228 e. The van der Waals surface area contributed by atoms with E-state index in [2.05, 4.69) is 176 Å². The van der Waals surface area contributed by atoms with Crippen molar-refractivity contribution in [3.8, 4) is 67.3 Å². The molecule has 0 bridgehead atoms. The van der Waals surface area contributed by atoms with E-state index in [4.69, 9.17) is 9.97 Å². The highest BCUT2D eigenvalue weighted by Gasteiger charge is 2.17. The molecule has 2 aromatic heterocycles. The van der Waals surface area contributed by atoms with Crippen molar-refractivity contribution < 1.29 is 0 Å². The maximum Gasteiger partial charge on any atom is 0.160 e. The van der Waals surface area contributed by atoms with Gasteiger partial charge in [0, 0.05) is 36.9 Å². The Morgan fingerprint density at radius 2 is 0.849 bits per heavy atom. The molecule has 0 saturated heterocycles. The fraction of sp³-hybridized carbons (Fsp3) is 0. The molecule has 0 aliphatic carbocycles. The first-order valence-electron chi connectivity index (χ1n) is 17.9. The van der Waals surface area contributed by atoms with Crippen molar-refractivity contribution in [2.75, 3.05) is 0 Å². The van der Waals surface area contributed by atoms with Crippen LogP contribution in [0, 0.1) is 0 Å². The minimum atomic E-state index is 0.701. The zero-order valence-electron chi connectivity index (χ0n) is 28.8. The zero-order chi connectivity index (χ0) is 35.1. The van der Waals surface area contributed by atoms with Gasteiger partial charge in [-0.2, -0.15) is 0 Å². The Morgan fingerprint density at radius 3 is 1.68 bits per heavy atom. The van der Waals surface area contributed by atoms with Crippen LogP contribution in [0.2, 0.25) is 0 Å². The second-order valence-corrected chi connectivity index (χ2v) is 14.4. The lowest BCUT2D eigenvalue weighted by molar-refractivity contribution is 1.18. The van der Waals surface area contributed by atoms with Crippen LogP contribution in [0.4, 0.5) is 0 Å². The number of fused-ring (bicyclic) bond motifs is 4. The van der Waals surface area contributed by atoms with Crippen LogP contribution in [0.3, 0.4) is 0 Å². The van der Waals surface area contributed by atoms with Gasteiger partial charge in [0.2, 0.25) is 0 Å². The van der Waals surface area contributed by atoms with E-state index in [1.54, 1.807) is 0 Å². The average Bonchev–Trinajstić information content (AvgIpc) is 3.63. The molecular weight excluding hydrogens is 661 g/mol. The van der Waals surface area contributed by atoms with Crippen molar-refractivity contribution in [1.82, 2.24) is 9.97 Å². The molecule has 2 heterocycles. The molecule has 0 N–H and O–H groups in total. The van der Waals surface area contributed by atoms with Gasteiger partial charge in [-0.1, -0.05) is 158 Å². The highest BCUT2D eigenvalue weighted by atomic mass is 32.1. The SMILES string of the molecule is c1ccc(-c2cccc(-c3cc(-c4cc(-c5cccc6ccccc56)cc(-c5cccc6c5sc5ccccc56)c4)nc(-c4ccccc4)n3)c2)cc1. The Morgan fingerprint density at radius 1 is 0.321 bits per heavy atom. The summed E-state index contributed by atoms with van der Waals surface area (Å²) in [4.78, 5) is 10.5. The number of nitrogens with zero attached hydrogens (tertiary/aromatic N) is 2. The normalized spacial score (nSPS) is 11.4. The third-order valence-corrected chi connectivity index (χ3v) is 11.3. The lowest BCUT2D eigenvalue weighted by Crippen LogP contribution is -1.97. The molecule has 10 rings (SSSR count). The molecule has 0 aliphatic rings. The van der Waals surface area contributed by atoms with Crippen molar-refractivity contribution in [3.05, 3.63) is 194 Å². The molecule has 0 atom stereocenters. The average molecular weight is 693 g/mol. The molecule has 0 spiro atoms. The van der Waals surface area contributed by atoms with Crippen LogP contribution in [0.15, 0.2) is 194 Å². The summed E-state index contributed by atoms with van der Waals surface area (Å²) in [5.41, 5.74) is 11.9. The summed E-state index contributed by atoms with van der Waals surface area (Å²) >= 11 is 1.86.